The van der Waals surface area contributed by atoms with Gasteiger partial charge in [-0.05, 0) is 61.6 Å². The second-order valence-electron chi connectivity index (χ2n) is 9.10. The Balaban J connectivity index is 1.27. The Kier molecular flexibility index (Phi) is 6.22. The molecule has 7 nitrogen and oxygen atoms in total. The summed E-state index contributed by atoms with van der Waals surface area (Å²) in [7, 11) is 0. The zero-order valence-corrected chi connectivity index (χ0v) is 18.7. The molecule has 1 saturated carbocycles. The molecular weight excluding hydrogens is 420 g/mol. The molecule has 5 rings (SSSR count). The SMILES string of the molecule is O=C(NCC1(c2ccc3c(c2)OCCO3)CCCC1)c1cccc(NC(=O)C2CCCO2)c1. The molecule has 2 aliphatic heterocycles. The number of carbonyl (C=O) groups is 2. The van der Waals surface area contributed by atoms with Crippen LogP contribution in [0.25, 0.3) is 0 Å². The van der Waals surface area contributed by atoms with E-state index in [2.05, 4.69) is 22.8 Å². The molecule has 174 valence electrons. The summed E-state index contributed by atoms with van der Waals surface area (Å²) >= 11 is 0. The Morgan fingerprint density at radius 3 is 2.55 bits per heavy atom. The maximum atomic E-state index is 13.0. The number of nitrogens with one attached hydrogen (secondary N) is 2. The molecule has 2 aromatic carbocycles. The average molecular weight is 451 g/mol. The van der Waals surface area contributed by atoms with Crippen molar-refractivity contribution in [1.29, 1.82) is 0 Å². The average Bonchev–Trinajstić information content (AvgIpc) is 3.56. The zero-order valence-electron chi connectivity index (χ0n) is 18.7. The van der Waals surface area contributed by atoms with Gasteiger partial charge in [0.15, 0.2) is 11.5 Å². The summed E-state index contributed by atoms with van der Waals surface area (Å²) in [6.07, 6.45) is 5.52. The van der Waals surface area contributed by atoms with Crippen LogP contribution in [-0.2, 0) is 14.9 Å². The molecule has 1 aliphatic carbocycles. The van der Waals surface area contributed by atoms with E-state index in [0.29, 0.717) is 37.6 Å². The van der Waals surface area contributed by atoms with Crippen molar-refractivity contribution in [3.63, 3.8) is 0 Å². The van der Waals surface area contributed by atoms with E-state index in [1.54, 1.807) is 24.3 Å². The molecular formula is C26H30N2O5. The molecule has 33 heavy (non-hydrogen) atoms. The van der Waals surface area contributed by atoms with E-state index in [9.17, 15) is 9.59 Å². The second kappa shape index (κ2) is 9.43. The van der Waals surface area contributed by atoms with Crippen molar-refractivity contribution < 1.29 is 23.8 Å². The minimum Gasteiger partial charge on any atom is -0.486 e. The number of ether oxygens (including phenoxy) is 3. The number of carbonyl (C=O) groups excluding carboxylic acids is 2. The number of hydrogen-bond acceptors (Lipinski definition) is 5. The molecule has 1 unspecified atom stereocenters. The lowest BCUT2D eigenvalue weighted by molar-refractivity contribution is -0.124. The number of anilines is 1. The van der Waals surface area contributed by atoms with Gasteiger partial charge in [0, 0.05) is 29.8 Å². The number of rotatable bonds is 6. The summed E-state index contributed by atoms with van der Waals surface area (Å²) in [6.45, 7) is 2.30. The van der Waals surface area contributed by atoms with Crippen LogP contribution in [0.2, 0.25) is 0 Å². The highest BCUT2D eigenvalue weighted by atomic mass is 16.6. The van der Waals surface area contributed by atoms with Crippen molar-refractivity contribution in [2.24, 2.45) is 0 Å². The summed E-state index contributed by atoms with van der Waals surface area (Å²) in [4.78, 5) is 25.3. The Labute approximate surface area is 193 Å². The maximum absolute atomic E-state index is 13.0. The van der Waals surface area contributed by atoms with E-state index in [0.717, 1.165) is 50.0 Å². The van der Waals surface area contributed by atoms with E-state index in [1.807, 2.05) is 6.07 Å². The third-order valence-electron chi connectivity index (χ3n) is 6.92. The van der Waals surface area contributed by atoms with Gasteiger partial charge in [0.1, 0.15) is 19.3 Å². The molecule has 2 heterocycles. The number of hydrogen-bond donors (Lipinski definition) is 2. The van der Waals surface area contributed by atoms with Gasteiger partial charge in [0.2, 0.25) is 0 Å². The smallest absolute Gasteiger partial charge is 0.253 e. The number of amides is 2. The summed E-state index contributed by atoms with van der Waals surface area (Å²) in [5.41, 5.74) is 2.19. The third kappa shape index (κ3) is 4.69. The first-order valence-corrected chi connectivity index (χ1v) is 11.8. The molecule has 2 fully saturated rings. The molecule has 0 bridgehead atoms. The molecule has 1 atom stereocenters. The lowest BCUT2D eigenvalue weighted by Gasteiger charge is -2.31. The van der Waals surface area contributed by atoms with Crippen LogP contribution in [0, 0.1) is 0 Å². The topological polar surface area (TPSA) is 85.9 Å². The van der Waals surface area contributed by atoms with Gasteiger partial charge < -0.3 is 24.8 Å². The van der Waals surface area contributed by atoms with E-state index in [1.165, 1.54) is 5.56 Å². The molecule has 2 aromatic rings. The third-order valence-corrected chi connectivity index (χ3v) is 6.92. The van der Waals surface area contributed by atoms with Gasteiger partial charge in [0.05, 0.1) is 0 Å². The lowest BCUT2D eigenvalue weighted by Crippen LogP contribution is -2.39. The van der Waals surface area contributed by atoms with E-state index >= 15 is 0 Å². The first-order valence-electron chi connectivity index (χ1n) is 11.8. The molecule has 2 amide bonds. The molecule has 2 N–H and O–H groups in total. The van der Waals surface area contributed by atoms with Gasteiger partial charge in [-0.25, -0.2) is 0 Å². The van der Waals surface area contributed by atoms with E-state index in [-0.39, 0.29) is 17.2 Å². The van der Waals surface area contributed by atoms with Crippen LogP contribution in [0.15, 0.2) is 42.5 Å². The van der Waals surface area contributed by atoms with E-state index in [4.69, 9.17) is 14.2 Å². The Hall–Kier alpha value is -3.06. The monoisotopic (exact) mass is 450 g/mol. The fraction of sp³-hybridized carbons (Fsp3) is 0.462. The van der Waals surface area contributed by atoms with Crippen LogP contribution in [0.4, 0.5) is 5.69 Å². The highest BCUT2D eigenvalue weighted by molar-refractivity contribution is 5.98. The Morgan fingerprint density at radius 1 is 0.939 bits per heavy atom. The first kappa shape index (κ1) is 21.8. The Bertz CT molecular complexity index is 1030. The van der Waals surface area contributed by atoms with Crippen molar-refractivity contribution in [2.75, 3.05) is 31.7 Å². The van der Waals surface area contributed by atoms with Crippen LogP contribution in [0.5, 0.6) is 11.5 Å². The van der Waals surface area contributed by atoms with Crippen molar-refractivity contribution >= 4 is 17.5 Å². The molecule has 0 radical (unpaired) electrons. The minimum atomic E-state index is -0.407. The first-order chi connectivity index (χ1) is 16.1. The van der Waals surface area contributed by atoms with Crippen molar-refractivity contribution in [3.8, 4) is 11.5 Å². The largest absolute Gasteiger partial charge is 0.486 e. The normalized spacial score (nSPS) is 20.9. The fourth-order valence-electron chi connectivity index (χ4n) is 5.09. The van der Waals surface area contributed by atoms with Gasteiger partial charge in [0.25, 0.3) is 11.8 Å². The standard InChI is InChI=1S/C26H30N2O5/c29-24(18-5-3-6-20(15-18)28-25(30)22-7-4-12-31-22)27-17-26(10-1-2-11-26)19-8-9-21-23(16-19)33-14-13-32-21/h3,5-6,8-9,15-16,22H,1-2,4,7,10-14,17H2,(H,27,29)(H,28,30). The molecule has 0 aromatic heterocycles. The zero-order chi connectivity index (χ0) is 22.7. The van der Waals surface area contributed by atoms with Crippen LogP contribution >= 0.6 is 0 Å². The predicted octanol–water partition coefficient (Wildman–Crippen LogP) is 3.82. The molecule has 0 spiro atoms. The number of benzene rings is 2. The highest BCUT2D eigenvalue weighted by Crippen LogP contribution is 2.43. The van der Waals surface area contributed by atoms with Crippen LogP contribution in [0.1, 0.15) is 54.4 Å². The summed E-state index contributed by atoms with van der Waals surface area (Å²) in [6, 6.07) is 13.2. The molecule has 3 aliphatic rings. The molecule has 1 saturated heterocycles. The van der Waals surface area contributed by atoms with Crippen LogP contribution < -0.4 is 20.1 Å². The van der Waals surface area contributed by atoms with Crippen molar-refractivity contribution in [2.45, 2.75) is 50.0 Å². The van der Waals surface area contributed by atoms with Crippen molar-refractivity contribution in [1.82, 2.24) is 5.32 Å². The summed E-state index contributed by atoms with van der Waals surface area (Å²) in [5, 5.41) is 6.02. The second-order valence-corrected chi connectivity index (χ2v) is 9.10. The molecule has 7 heteroatoms. The van der Waals surface area contributed by atoms with Gasteiger partial charge >= 0.3 is 0 Å². The van der Waals surface area contributed by atoms with Crippen molar-refractivity contribution in [3.05, 3.63) is 53.6 Å². The number of fused-ring (bicyclic) bond motifs is 1. The summed E-state index contributed by atoms with van der Waals surface area (Å²) in [5.74, 6) is 1.26. The predicted molar refractivity (Wildman–Crippen MR) is 124 cm³/mol. The summed E-state index contributed by atoms with van der Waals surface area (Å²) < 4.78 is 16.9. The Morgan fingerprint density at radius 2 is 1.76 bits per heavy atom. The van der Waals surface area contributed by atoms with Crippen LogP contribution in [0.3, 0.4) is 0 Å². The van der Waals surface area contributed by atoms with E-state index < -0.39 is 6.10 Å². The van der Waals surface area contributed by atoms with Crippen LogP contribution in [-0.4, -0.2) is 44.3 Å². The van der Waals surface area contributed by atoms with Gasteiger partial charge in [-0.2, -0.15) is 0 Å². The fourth-order valence-corrected chi connectivity index (χ4v) is 5.09. The highest BCUT2D eigenvalue weighted by Gasteiger charge is 2.37. The lowest BCUT2D eigenvalue weighted by atomic mass is 9.78. The minimum absolute atomic E-state index is 0.114. The maximum Gasteiger partial charge on any atom is 0.253 e. The quantitative estimate of drug-likeness (QED) is 0.699. The van der Waals surface area contributed by atoms with Gasteiger partial charge in [-0.1, -0.05) is 25.0 Å². The van der Waals surface area contributed by atoms with Gasteiger partial charge in [-0.15, -0.1) is 0 Å². The van der Waals surface area contributed by atoms with Gasteiger partial charge in [-0.3, -0.25) is 9.59 Å².